The van der Waals surface area contributed by atoms with Gasteiger partial charge in [-0.05, 0) is 64.8 Å². The molecule has 1 aliphatic heterocycles. The zero-order chi connectivity index (χ0) is 28.5. The van der Waals surface area contributed by atoms with E-state index in [1.807, 2.05) is 0 Å². The molecule has 2 aromatic carbocycles. The molecule has 0 spiro atoms. The first-order chi connectivity index (χ1) is 17.5. The fourth-order valence-corrected chi connectivity index (χ4v) is 6.49. The molecule has 1 aliphatic rings. The summed E-state index contributed by atoms with van der Waals surface area (Å²) in [4.78, 5) is 38.1. The van der Waals surface area contributed by atoms with Gasteiger partial charge in [0.1, 0.15) is 16.9 Å². The Bertz CT molecular complexity index is 1310. The molecule has 1 saturated heterocycles. The lowest BCUT2D eigenvalue weighted by Crippen LogP contribution is -2.47. The Balaban J connectivity index is 1.82. The Kier molecular flexibility index (Phi) is 8.11. The largest absolute Gasteiger partial charge is 0.444 e. The summed E-state index contributed by atoms with van der Waals surface area (Å²) in [6, 6.07) is 12.4. The van der Waals surface area contributed by atoms with E-state index in [0.29, 0.717) is 22.5 Å². The average molecular weight is 545 g/mol. The topological polar surface area (TPSA) is 148 Å². The number of nitrogens with two attached hydrogens (primary N) is 1. The Labute approximate surface area is 224 Å². The molecule has 2 aromatic rings. The van der Waals surface area contributed by atoms with Crippen LogP contribution in [0.3, 0.4) is 0 Å². The molecule has 3 rings (SSSR count). The first kappa shape index (κ1) is 29.0. The van der Waals surface area contributed by atoms with Crippen molar-refractivity contribution >= 4 is 39.3 Å². The third kappa shape index (κ3) is 6.83. The number of rotatable bonds is 6. The summed E-state index contributed by atoms with van der Waals surface area (Å²) in [6.45, 7) is 10.2. The number of para-hydroxylation sites is 2. The van der Waals surface area contributed by atoms with Gasteiger partial charge in [-0.1, -0.05) is 36.4 Å². The second-order valence-corrected chi connectivity index (χ2v) is 13.3. The van der Waals surface area contributed by atoms with Crippen LogP contribution in [-0.4, -0.2) is 47.8 Å². The van der Waals surface area contributed by atoms with Gasteiger partial charge in [-0.15, -0.1) is 0 Å². The number of nitrogens with zero attached hydrogens (tertiary/aromatic N) is 1. The van der Waals surface area contributed by atoms with Crippen LogP contribution in [0.5, 0.6) is 0 Å². The number of anilines is 2. The van der Waals surface area contributed by atoms with E-state index in [1.165, 1.54) is 0 Å². The maximum Gasteiger partial charge on any atom is 0.408 e. The highest BCUT2D eigenvalue weighted by Gasteiger charge is 2.49. The molecule has 0 saturated carbocycles. The highest BCUT2D eigenvalue weighted by molar-refractivity contribution is 7.90. The molecule has 11 heteroatoms. The van der Waals surface area contributed by atoms with Crippen LogP contribution in [-0.2, 0) is 30.8 Å². The standard InChI is InChI=1S/C27H36N4O6S/c1-26(2,3)31-23(32)16-22(38(31,35)36)18-13-11-17(12-14-18)15-21(30-25(34)37-27(4,5)6)24(33)29-20-10-8-7-9-19(20)28/h7-14,21-22H,15-16,28H2,1-6H3,(H,29,33)(H,30,34)/t21-,22-/m0/s1. The van der Waals surface area contributed by atoms with Gasteiger partial charge in [0, 0.05) is 6.42 Å². The molecule has 0 aliphatic carbocycles. The molecule has 38 heavy (non-hydrogen) atoms. The van der Waals surface area contributed by atoms with Gasteiger partial charge in [-0.25, -0.2) is 17.5 Å². The number of benzene rings is 2. The van der Waals surface area contributed by atoms with Crippen molar-refractivity contribution in [2.24, 2.45) is 0 Å². The number of carbonyl (C=O) groups excluding carboxylic acids is 3. The van der Waals surface area contributed by atoms with Gasteiger partial charge < -0.3 is 21.1 Å². The normalized spacial score (nSPS) is 18.1. The van der Waals surface area contributed by atoms with Crippen molar-refractivity contribution in [1.29, 1.82) is 0 Å². The summed E-state index contributed by atoms with van der Waals surface area (Å²) in [6.07, 6.45) is -0.793. The summed E-state index contributed by atoms with van der Waals surface area (Å²) in [5.74, 6) is -0.937. The molecule has 10 nitrogen and oxygen atoms in total. The molecular weight excluding hydrogens is 508 g/mol. The lowest BCUT2D eigenvalue weighted by molar-refractivity contribution is -0.128. The van der Waals surface area contributed by atoms with Crippen LogP contribution >= 0.6 is 0 Å². The highest BCUT2D eigenvalue weighted by Crippen LogP contribution is 2.40. The van der Waals surface area contributed by atoms with Gasteiger partial charge >= 0.3 is 6.09 Å². The Morgan fingerprint density at radius 2 is 1.66 bits per heavy atom. The molecule has 0 unspecified atom stereocenters. The molecule has 206 valence electrons. The van der Waals surface area contributed by atoms with Crippen LogP contribution in [0.2, 0.25) is 0 Å². The fraction of sp³-hybridized carbons (Fsp3) is 0.444. The van der Waals surface area contributed by atoms with E-state index in [-0.39, 0.29) is 12.8 Å². The first-order valence-corrected chi connectivity index (χ1v) is 13.8. The van der Waals surface area contributed by atoms with E-state index in [0.717, 1.165) is 4.31 Å². The van der Waals surface area contributed by atoms with E-state index < -0.39 is 50.4 Å². The van der Waals surface area contributed by atoms with Crippen LogP contribution in [0.1, 0.15) is 64.3 Å². The Hall–Kier alpha value is -3.60. The smallest absolute Gasteiger partial charge is 0.408 e. The predicted octanol–water partition coefficient (Wildman–Crippen LogP) is 3.75. The Morgan fingerprint density at radius 1 is 1.05 bits per heavy atom. The van der Waals surface area contributed by atoms with Crippen molar-refractivity contribution in [2.75, 3.05) is 11.1 Å². The van der Waals surface area contributed by atoms with Gasteiger partial charge in [0.25, 0.3) is 0 Å². The second kappa shape index (κ2) is 10.6. The van der Waals surface area contributed by atoms with Crippen LogP contribution in [0.25, 0.3) is 0 Å². The third-order valence-electron chi connectivity index (χ3n) is 5.83. The SMILES string of the molecule is CC(C)(C)OC(=O)N[C@@H](Cc1ccc([C@@H]2CC(=O)N(C(C)(C)C)S2(=O)=O)cc1)C(=O)Nc1ccccc1N. The molecule has 1 fully saturated rings. The van der Waals surface area contributed by atoms with Crippen molar-refractivity contribution in [3.63, 3.8) is 0 Å². The number of hydrogen-bond acceptors (Lipinski definition) is 7. The van der Waals surface area contributed by atoms with Gasteiger partial charge in [0.2, 0.25) is 21.8 Å². The second-order valence-electron chi connectivity index (χ2n) is 11.3. The maximum atomic E-state index is 13.1. The van der Waals surface area contributed by atoms with Gasteiger partial charge in [-0.3, -0.25) is 9.59 Å². The number of nitrogens with one attached hydrogen (secondary N) is 2. The summed E-state index contributed by atoms with van der Waals surface area (Å²) in [7, 11) is -3.87. The molecule has 3 amide bonds. The number of ether oxygens (including phenoxy) is 1. The zero-order valence-corrected chi connectivity index (χ0v) is 23.4. The third-order valence-corrected chi connectivity index (χ3v) is 8.25. The Morgan fingerprint density at radius 3 is 2.18 bits per heavy atom. The summed E-state index contributed by atoms with van der Waals surface area (Å²) < 4.78 is 32.5. The molecule has 0 radical (unpaired) electrons. The van der Waals surface area contributed by atoms with Gasteiger partial charge in [0.15, 0.2) is 0 Å². The number of hydrogen-bond donors (Lipinski definition) is 3. The van der Waals surface area contributed by atoms with Gasteiger partial charge in [-0.2, -0.15) is 0 Å². The number of alkyl carbamates (subject to hydrolysis) is 1. The number of amides is 3. The van der Waals surface area contributed by atoms with Gasteiger partial charge in [0.05, 0.1) is 23.3 Å². The monoisotopic (exact) mass is 544 g/mol. The van der Waals surface area contributed by atoms with Crippen molar-refractivity contribution < 1.29 is 27.5 Å². The maximum absolute atomic E-state index is 13.1. The van der Waals surface area contributed by atoms with Crippen LogP contribution < -0.4 is 16.4 Å². The van der Waals surface area contributed by atoms with E-state index in [2.05, 4.69) is 10.6 Å². The minimum atomic E-state index is -3.87. The molecule has 1 heterocycles. The molecule has 0 aromatic heterocycles. The van der Waals surface area contributed by atoms with E-state index in [1.54, 1.807) is 90.1 Å². The quantitative estimate of drug-likeness (QED) is 0.469. The molecule has 0 bridgehead atoms. The minimum Gasteiger partial charge on any atom is -0.444 e. The predicted molar refractivity (Wildman–Crippen MR) is 146 cm³/mol. The number of carbonyl (C=O) groups is 3. The first-order valence-electron chi connectivity index (χ1n) is 12.3. The summed E-state index contributed by atoms with van der Waals surface area (Å²) in [5.41, 5.74) is 6.25. The lowest BCUT2D eigenvalue weighted by Gasteiger charge is -2.30. The van der Waals surface area contributed by atoms with Crippen molar-refractivity contribution in [2.45, 2.75) is 76.8 Å². The summed E-state index contributed by atoms with van der Waals surface area (Å²) >= 11 is 0. The molecular formula is C27H36N4O6S. The minimum absolute atomic E-state index is 0.0998. The van der Waals surface area contributed by atoms with E-state index in [4.69, 9.17) is 10.5 Å². The lowest BCUT2D eigenvalue weighted by atomic mass is 10.0. The van der Waals surface area contributed by atoms with Crippen molar-refractivity contribution in [3.8, 4) is 0 Å². The van der Waals surface area contributed by atoms with Crippen LogP contribution in [0, 0.1) is 0 Å². The molecule has 4 N–H and O–H groups in total. The summed E-state index contributed by atoms with van der Waals surface area (Å²) in [5, 5.41) is 4.36. The average Bonchev–Trinajstić information content (AvgIpc) is 3.02. The van der Waals surface area contributed by atoms with Crippen molar-refractivity contribution in [3.05, 3.63) is 59.7 Å². The fourth-order valence-electron chi connectivity index (χ4n) is 4.26. The van der Waals surface area contributed by atoms with Crippen LogP contribution in [0.15, 0.2) is 48.5 Å². The van der Waals surface area contributed by atoms with E-state index in [9.17, 15) is 22.8 Å². The van der Waals surface area contributed by atoms with E-state index >= 15 is 0 Å². The number of sulfonamides is 1. The van der Waals surface area contributed by atoms with Crippen LogP contribution in [0.4, 0.5) is 16.2 Å². The zero-order valence-electron chi connectivity index (χ0n) is 22.6. The van der Waals surface area contributed by atoms with Crippen molar-refractivity contribution in [1.82, 2.24) is 9.62 Å². The highest BCUT2D eigenvalue weighted by atomic mass is 32.2. The number of nitrogen functional groups attached to an aromatic ring is 1. The molecule has 2 atom stereocenters.